The Labute approximate surface area is 161 Å². The summed E-state index contributed by atoms with van der Waals surface area (Å²) in [5.74, 6) is 0.522. The Morgan fingerprint density at radius 3 is 2.22 bits per heavy atom. The van der Waals surface area contributed by atoms with Crippen molar-refractivity contribution in [3.8, 4) is 5.75 Å². The van der Waals surface area contributed by atoms with Crippen molar-refractivity contribution in [2.45, 2.75) is 46.1 Å². The van der Waals surface area contributed by atoms with Gasteiger partial charge in [-0.3, -0.25) is 9.59 Å². The smallest absolute Gasteiger partial charge is 0.262 e. The minimum atomic E-state index is -0.362. The van der Waals surface area contributed by atoms with Crippen LogP contribution in [-0.4, -0.2) is 24.0 Å². The molecule has 0 aromatic heterocycles. The van der Waals surface area contributed by atoms with Gasteiger partial charge in [0.25, 0.3) is 11.8 Å². The Morgan fingerprint density at radius 1 is 1.00 bits per heavy atom. The number of rotatable bonds is 6. The normalized spacial score (nSPS) is 11.2. The van der Waals surface area contributed by atoms with Gasteiger partial charge in [-0.1, -0.05) is 38.1 Å². The fraction of sp³-hybridized carbons (Fsp3) is 0.364. The molecular formula is C22H28N2O3. The maximum atomic E-state index is 12.4. The fourth-order valence-corrected chi connectivity index (χ4v) is 2.48. The van der Waals surface area contributed by atoms with Crippen molar-refractivity contribution < 1.29 is 14.3 Å². The van der Waals surface area contributed by atoms with E-state index in [0.717, 1.165) is 0 Å². The molecule has 0 spiro atoms. The van der Waals surface area contributed by atoms with E-state index in [4.69, 9.17) is 4.74 Å². The minimum absolute atomic E-state index is 0.129. The molecule has 144 valence electrons. The zero-order chi connectivity index (χ0) is 20.0. The van der Waals surface area contributed by atoms with Crippen LogP contribution in [0.4, 0.5) is 5.69 Å². The average Bonchev–Trinajstić information content (AvgIpc) is 2.59. The van der Waals surface area contributed by atoms with Gasteiger partial charge < -0.3 is 15.4 Å². The molecule has 0 aliphatic carbocycles. The SMILES string of the molecule is CC(C)c1ccc(OCC(=O)Nc2ccccc2C(=O)NC(C)(C)C)cc1. The summed E-state index contributed by atoms with van der Waals surface area (Å²) in [6.07, 6.45) is 0. The molecule has 0 atom stereocenters. The van der Waals surface area contributed by atoms with E-state index in [0.29, 0.717) is 22.9 Å². The molecule has 2 rings (SSSR count). The lowest BCUT2D eigenvalue weighted by molar-refractivity contribution is -0.118. The highest BCUT2D eigenvalue weighted by Crippen LogP contribution is 2.19. The zero-order valence-electron chi connectivity index (χ0n) is 16.6. The molecule has 5 nitrogen and oxygen atoms in total. The minimum Gasteiger partial charge on any atom is -0.484 e. The molecule has 0 radical (unpaired) electrons. The van der Waals surface area contributed by atoms with Crippen LogP contribution in [0.3, 0.4) is 0 Å². The van der Waals surface area contributed by atoms with Crippen LogP contribution in [0.5, 0.6) is 5.75 Å². The first-order chi connectivity index (χ1) is 12.7. The first-order valence-electron chi connectivity index (χ1n) is 9.10. The fourth-order valence-electron chi connectivity index (χ4n) is 2.48. The van der Waals surface area contributed by atoms with Crippen LogP contribution >= 0.6 is 0 Å². The Hall–Kier alpha value is -2.82. The molecule has 2 amide bonds. The van der Waals surface area contributed by atoms with Crippen LogP contribution in [0, 0.1) is 0 Å². The van der Waals surface area contributed by atoms with Crippen LogP contribution in [-0.2, 0) is 4.79 Å². The Bertz CT molecular complexity index is 790. The third-order valence-electron chi connectivity index (χ3n) is 3.85. The average molecular weight is 368 g/mol. The molecule has 0 heterocycles. The van der Waals surface area contributed by atoms with Gasteiger partial charge in [-0.25, -0.2) is 0 Å². The molecule has 0 aliphatic heterocycles. The van der Waals surface area contributed by atoms with E-state index in [-0.39, 0.29) is 24.0 Å². The van der Waals surface area contributed by atoms with Crippen LogP contribution in [0.2, 0.25) is 0 Å². The number of benzene rings is 2. The van der Waals surface area contributed by atoms with Crippen molar-refractivity contribution in [3.63, 3.8) is 0 Å². The highest BCUT2D eigenvalue weighted by molar-refractivity contribution is 6.04. The molecule has 0 saturated carbocycles. The molecule has 0 saturated heterocycles. The van der Waals surface area contributed by atoms with Crippen molar-refractivity contribution in [1.82, 2.24) is 5.32 Å². The van der Waals surface area contributed by atoms with Gasteiger partial charge in [0.15, 0.2) is 6.61 Å². The standard InChI is InChI=1S/C22H28N2O3/c1-15(2)16-10-12-17(13-11-16)27-14-20(25)23-19-9-7-6-8-18(19)21(26)24-22(3,4)5/h6-13,15H,14H2,1-5H3,(H,23,25)(H,24,26). The second kappa shape index (κ2) is 8.71. The van der Waals surface area contributed by atoms with Gasteiger partial charge in [0.2, 0.25) is 0 Å². The van der Waals surface area contributed by atoms with E-state index in [2.05, 4.69) is 24.5 Å². The molecule has 0 unspecified atom stereocenters. The lowest BCUT2D eigenvalue weighted by Gasteiger charge is -2.21. The summed E-state index contributed by atoms with van der Waals surface area (Å²) in [7, 11) is 0. The molecular weight excluding hydrogens is 340 g/mol. The zero-order valence-corrected chi connectivity index (χ0v) is 16.6. The van der Waals surface area contributed by atoms with Gasteiger partial charge >= 0.3 is 0 Å². The van der Waals surface area contributed by atoms with Gasteiger partial charge in [-0.05, 0) is 56.5 Å². The van der Waals surface area contributed by atoms with Crippen molar-refractivity contribution in [2.24, 2.45) is 0 Å². The Balaban J connectivity index is 1.98. The largest absolute Gasteiger partial charge is 0.484 e. The molecule has 2 aromatic carbocycles. The van der Waals surface area contributed by atoms with E-state index in [1.807, 2.05) is 45.0 Å². The number of anilines is 1. The number of carbonyl (C=O) groups excluding carboxylic acids is 2. The van der Waals surface area contributed by atoms with Gasteiger partial charge in [-0.15, -0.1) is 0 Å². The van der Waals surface area contributed by atoms with E-state index < -0.39 is 0 Å². The summed E-state index contributed by atoms with van der Waals surface area (Å²) in [6, 6.07) is 14.6. The lowest BCUT2D eigenvalue weighted by Crippen LogP contribution is -2.41. The third-order valence-corrected chi connectivity index (χ3v) is 3.85. The van der Waals surface area contributed by atoms with Crippen LogP contribution in [0.25, 0.3) is 0 Å². The van der Waals surface area contributed by atoms with Crippen molar-refractivity contribution in [1.29, 1.82) is 0 Å². The lowest BCUT2D eigenvalue weighted by atomic mass is 10.0. The molecule has 2 N–H and O–H groups in total. The summed E-state index contributed by atoms with van der Waals surface area (Å²) >= 11 is 0. The van der Waals surface area contributed by atoms with Gasteiger partial charge in [0.05, 0.1) is 11.3 Å². The van der Waals surface area contributed by atoms with Crippen molar-refractivity contribution in [3.05, 3.63) is 59.7 Å². The number of hydrogen-bond acceptors (Lipinski definition) is 3. The van der Waals surface area contributed by atoms with Crippen molar-refractivity contribution >= 4 is 17.5 Å². The Morgan fingerprint density at radius 2 is 1.63 bits per heavy atom. The molecule has 2 aromatic rings. The first kappa shape index (κ1) is 20.5. The summed E-state index contributed by atoms with van der Waals surface area (Å²) in [4.78, 5) is 24.7. The topological polar surface area (TPSA) is 67.4 Å². The Kier molecular flexibility index (Phi) is 6.61. The van der Waals surface area contributed by atoms with E-state index in [1.165, 1.54) is 5.56 Å². The summed E-state index contributed by atoms with van der Waals surface area (Å²) in [6.45, 7) is 9.84. The summed E-state index contributed by atoms with van der Waals surface area (Å²) in [5, 5.41) is 5.65. The number of hydrogen-bond donors (Lipinski definition) is 2. The monoisotopic (exact) mass is 368 g/mol. The van der Waals surface area contributed by atoms with Gasteiger partial charge in [0, 0.05) is 5.54 Å². The van der Waals surface area contributed by atoms with Crippen LogP contribution in [0.15, 0.2) is 48.5 Å². The van der Waals surface area contributed by atoms with Crippen LogP contribution in [0.1, 0.15) is 56.5 Å². The molecule has 0 fully saturated rings. The van der Waals surface area contributed by atoms with E-state index >= 15 is 0 Å². The van der Waals surface area contributed by atoms with Gasteiger partial charge in [-0.2, -0.15) is 0 Å². The molecule has 0 bridgehead atoms. The van der Waals surface area contributed by atoms with Crippen molar-refractivity contribution in [2.75, 3.05) is 11.9 Å². The highest BCUT2D eigenvalue weighted by Gasteiger charge is 2.18. The second-order valence-electron chi connectivity index (χ2n) is 7.81. The van der Waals surface area contributed by atoms with E-state index in [1.54, 1.807) is 24.3 Å². The predicted octanol–water partition coefficient (Wildman–Crippen LogP) is 4.36. The summed E-state index contributed by atoms with van der Waals surface area (Å²) in [5.41, 5.74) is 1.73. The maximum Gasteiger partial charge on any atom is 0.262 e. The molecule has 0 aliphatic rings. The van der Waals surface area contributed by atoms with Gasteiger partial charge in [0.1, 0.15) is 5.75 Å². The number of para-hydroxylation sites is 1. The first-order valence-corrected chi connectivity index (χ1v) is 9.10. The van der Waals surface area contributed by atoms with E-state index in [9.17, 15) is 9.59 Å². The number of amides is 2. The third kappa shape index (κ3) is 6.44. The van der Waals surface area contributed by atoms with Crippen LogP contribution < -0.4 is 15.4 Å². The molecule has 27 heavy (non-hydrogen) atoms. The highest BCUT2D eigenvalue weighted by atomic mass is 16.5. The maximum absolute atomic E-state index is 12.4. The molecule has 5 heteroatoms. The quantitative estimate of drug-likeness (QED) is 0.796. The number of nitrogens with one attached hydrogen (secondary N) is 2. The number of ether oxygens (including phenoxy) is 1. The predicted molar refractivity (Wildman–Crippen MR) is 108 cm³/mol. The summed E-state index contributed by atoms with van der Waals surface area (Å²) < 4.78 is 5.54. The second-order valence-corrected chi connectivity index (χ2v) is 7.81. The number of carbonyl (C=O) groups is 2.